The summed E-state index contributed by atoms with van der Waals surface area (Å²) in [7, 11) is 0. The second kappa shape index (κ2) is 1.98. The molecule has 0 aliphatic carbocycles. The van der Waals surface area contributed by atoms with Gasteiger partial charge >= 0.3 is 0 Å². The Morgan fingerprint density at radius 2 is 2.18 bits per heavy atom. The highest BCUT2D eigenvalue weighted by atomic mass is 16.3. The van der Waals surface area contributed by atoms with Crippen LogP contribution in [0.1, 0.15) is 12.5 Å². The molecule has 1 aromatic rings. The minimum Gasteiger partial charge on any atom is -0.384 e. The zero-order valence-electron chi connectivity index (χ0n) is 6.46. The van der Waals surface area contributed by atoms with Crippen LogP contribution in [0.25, 0.3) is 0 Å². The van der Waals surface area contributed by atoms with Gasteiger partial charge in [-0.1, -0.05) is 18.2 Å². The number of fused-ring (bicyclic) bond motifs is 1. The molecule has 0 fully saturated rings. The third kappa shape index (κ3) is 0.906. The summed E-state index contributed by atoms with van der Waals surface area (Å²) in [5, 5.41) is 12.9. The Morgan fingerprint density at radius 1 is 1.45 bits per heavy atom. The highest BCUT2D eigenvalue weighted by molar-refractivity contribution is 5.58. The van der Waals surface area contributed by atoms with E-state index in [1.165, 1.54) is 0 Å². The first-order valence-corrected chi connectivity index (χ1v) is 3.76. The van der Waals surface area contributed by atoms with Crippen LogP contribution >= 0.6 is 0 Å². The molecule has 0 radical (unpaired) electrons. The number of anilines is 1. The van der Waals surface area contributed by atoms with Crippen molar-refractivity contribution in [1.29, 1.82) is 0 Å². The number of rotatable bonds is 0. The Kier molecular flexibility index (Phi) is 1.20. The van der Waals surface area contributed by atoms with E-state index in [1.54, 1.807) is 0 Å². The summed E-state index contributed by atoms with van der Waals surface area (Å²) >= 11 is 0. The Hall–Kier alpha value is -1.02. The topological polar surface area (TPSA) is 32.3 Å². The van der Waals surface area contributed by atoms with Crippen LogP contribution in [0.15, 0.2) is 24.3 Å². The average Bonchev–Trinajstić information content (AvgIpc) is 2.29. The first-order valence-electron chi connectivity index (χ1n) is 3.76. The third-order valence-electron chi connectivity index (χ3n) is 2.13. The molecule has 1 heterocycles. The van der Waals surface area contributed by atoms with Crippen LogP contribution in [0.3, 0.4) is 0 Å². The first kappa shape index (κ1) is 6.68. The van der Waals surface area contributed by atoms with Gasteiger partial charge in [-0.25, -0.2) is 0 Å². The van der Waals surface area contributed by atoms with Gasteiger partial charge in [0.1, 0.15) is 5.60 Å². The van der Waals surface area contributed by atoms with E-state index < -0.39 is 5.60 Å². The standard InChI is InChI=1S/C9H11NO/c1-9(11)6-10-8-5-3-2-4-7(8)9/h2-5,10-11H,6H2,1H3/t9-/m1/s1. The Balaban J connectivity index is 2.56. The fourth-order valence-electron chi connectivity index (χ4n) is 1.47. The lowest BCUT2D eigenvalue weighted by atomic mass is 9.99. The van der Waals surface area contributed by atoms with Gasteiger partial charge in [0.25, 0.3) is 0 Å². The van der Waals surface area contributed by atoms with E-state index in [0.29, 0.717) is 6.54 Å². The van der Waals surface area contributed by atoms with Crippen molar-refractivity contribution in [3.05, 3.63) is 29.8 Å². The average molecular weight is 149 g/mol. The molecule has 1 aromatic carbocycles. The Morgan fingerprint density at radius 3 is 2.91 bits per heavy atom. The molecule has 2 heteroatoms. The minimum absolute atomic E-state index is 0.617. The number of nitrogens with one attached hydrogen (secondary N) is 1. The fourth-order valence-corrected chi connectivity index (χ4v) is 1.47. The van der Waals surface area contributed by atoms with Crippen molar-refractivity contribution in [3.63, 3.8) is 0 Å². The van der Waals surface area contributed by atoms with Gasteiger partial charge in [0.2, 0.25) is 0 Å². The van der Waals surface area contributed by atoms with Gasteiger partial charge in [-0.15, -0.1) is 0 Å². The maximum absolute atomic E-state index is 9.78. The second-order valence-electron chi connectivity index (χ2n) is 3.17. The zero-order valence-corrected chi connectivity index (χ0v) is 6.46. The lowest BCUT2D eigenvalue weighted by Gasteiger charge is -2.14. The molecule has 2 nitrogen and oxygen atoms in total. The maximum Gasteiger partial charge on any atom is 0.106 e. The normalized spacial score (nSPS) is 27.8. The maximum atomic E-state index is 9.78. The number of hydrogen-bond donors (Lipinski definition) is 2. The number of aliphatic hydroxyl groups is 1. The fraction of sp³-hybridized carbons (Fsp3) is 0.333. The highest BCUT2D eigenvalue weighted by Gasteiger charge is 2.30. The van der Waals surface area contributed by atoms with Gasteiger partial charge < -0.3 is 10.4 Å². The number of hydrogen-bond acceptors (Lipinski definition) is 2. The van der Waals surface area contributed by atoms with Gasteiger partial charge in [-0.2, -0.15) is 0 Å². The van der Waals surface area contributed by atoms with Crippen LogP contribution < -0.4 is 5.32 Å². The molecular weight excluding hydrogens is 138 g/mol. The van der Waals surface area contributed by atoms with Crippen molar-refractivity contribution in [2.45, 2.75) is 12.5 Å². The third-order valence-corrected chi connectivity index (χ3v) is 2.13. The summed E-state index contributed by atoms with van der Waals surface area (Å²) in [6.07, 6.45) is 0. The van der Waals surface area contributed by atoms with E-state index in [0.717, 1.165) is 11.3 Å². The molecule has 2 rings (SSSR count). The van der Waals surface area contributed by atoms with Gasteiger partial charge in [0, 0.05) is 17.8 Å². The van der Waals surface area contributed by atoms with Crippen LogP contribution in [0.5, 0.6) is 0 Å². The summed E-state index contributed by atoms with van der Waals surface area (Å²) in [5.74, 6) is 0. The van der Waals surface area contributed by atoms with E-state index in [9.17, 15) is 5.11 Å². The lowest BCUT2D eigenvalue weighted by molar-refractivity contribution is 0.0794. The van der Waals surface area contributed by atoms with E-state index in [1.807, 2.05) is 31.2 Å². The van der Waals surface area contributed by atoms with Gasteiger partial charge in [0.15, 0.2) is 0 Å². The van der Waals surface area contributed by atoms with Crippen LogP contribution in [-0.2, 0) is 5.60 Å². The molecule has 0 saturated heterocycles. The van der Waals surface area contributed by atoms with E-state index >= 15 is 0 Å². The SMILES string of the molecule is C[C@@]1(O)CNc2ccccc21. The number of para-hydroxylation sites is 1. The molecule has 58 valence electrons. The predicted molar refractivity (Wildman–Crippen MR) is 44.5 cm³/mol. The first-order chi connectivity index (χ1) is 5.20. The van der Waals surface area contributed by atoms with Crippen LogP contribution in [0.4, 0.5) is 5.69 Å². The van der Waals surface area contributed by atoms with Gasteiger partial charge in [0.05, 0.1) is 0 Å². The quantitative estimate of drug-likeness (QED) is 0.583. The molecule has 1 atom stereocenters. The summed E-state index contributed by atoms with van der Waals surface area (Å²) in [5.41, 5.74) is 1.37. The van der Waals surface area contributed by atoms with Gasteiger partial charge in [-0.3, -0.25) is 0 Å². The molecular formula is C9H11NO. The molecule has 0 saturated carbocycles. The van der Waals surface area contributed by atoms with Crippen molar-refractivity contribution in [2.24, 2.45) is 0 Å². The van der Waals surface area contributed by atoms with Crippen molar-refractivity contribution in [3.8, 4) is 0 Å². The predicted octanol–water partition coefficient (Wildman–Crippen LogP) is 1.32. The van der Waals surface area contributed by atoms with E-state index in [4.69, 9.17) is 0 Å². The lowest BCUT2D eigenvalue weighted by Crippen LogP contribution is -2.22. The summed E-state index contributed by atoms with van der Waals surface area (Å²) in [6.45, 7) is 2.44. The zero-order chi connectivity index (χ0) is 7.90. The van der Waals surface area contributed by atoms with E-state index in [2.05, 4.69) is 5.32 Å². The van der Waals surface area contributed by atoms with Gasteiger partial charge in [-0.05, 0) is 13.0 Å². The summed E-state index contributed by atoms with van der Waals surface area (Å²) in [4.78, 5) is 0. The minimum atomic E-state index is -0.684. The smallest absolute Gasteiger partial charge is 0.106 e. The Labute approximate surface area is 65.9 Å². The van der Waals surface area contributed by atoms with Crippen LogP contribution in [0, 0.1) is 0 Å². The van der Waals surface area contributed by atoms with Crippen molar-refractivity contribution >= 4 is 5.69 Å². The molecule has 1 aliphatic rings. The molecule has 0 amide bonds. The van der Waals surface area contributed by atoms with Crippen LogP contribution in [-0.4, -0.2) is 11.7 Å². The molecule has 0 spiro atoms. The van der Waals surface area contributed by atoms with Crippen LogP contribution in [0.2, 0.25) is 0 Å². The van der Waals surface area contributed by atoms with Crippen molar-refractivity contribution in [2.75, 3.05) is 11.9 Å². The molecule has 0 bridgehead atoms. The molecule has 0 aromatic heterocycles. The summed E-state index contributed by atoms with van der Waals surface area (Å²) in [6, 6.07) is 7.85. The van der Waals surface area contributed by atoms with Crippen molar-refractivity contribution < 1.29 is 5.11 Å². The van der Waals surface area contributed by atoms with E-state index in [-0.39, 0.29) is 0 Å². The summed E-state index contributed by atoms with van der Waals surface area (Å²) < 4.78 is 0. The Bertz CT molecular complexity index is 281. The largest absolute Gasteiger partial charge is 0.384 e. The number of benzene rings is 1. The van der Waals surface area contributed by atoms with Crippen molar-refractivity contribution in [1.82, 2.24) is 0 Å². The molecule has 11 heavy (non-hydrogen) atoms. The number of β-amino-alcohol motifs (C(OH)–C–C–N with tert-alkyl or cyclic N) is 1. The molecule has 2 N–H and O–H groups in total. The molecule has 1 aliphatic heterocycles. The monoisotopic (exact) mass is 149 g/mol. The highest BCUT2D eigenvalue weighted by Crippen LogP contribution is 2.33. The second-order valence-corrected chi connectivity index (χ2v) is 3.17. The molecule has 0 unspecified atom stereocenters.